The maximum Gasteiger partial charge on any atom is 0.191 e. The molecule has 0 radical (unpaired) electrons. The summed E-state index contributed by atoms with van der Waals surface area (Å²) in [6, 6.07) is 0.331. The minimum absolute atomic E-state index is 0. The Balaban J connectivity index is 0.00000225. The Hall–Kier alpha value is -0.900. The highest BCUT2D eigenvalue weighted by atomic mass is 127. The lowest BCUT2D eigenvalue weighted by molar-refractivity contribution is 0.177. The van der Waals surface area contributed by atoms with Crippen molar-refractivity contribution in [2.45, 2.75) is 64.6 Å². The molecule has 0 bridgehead atoms. The molecular weight excluding hydrogens is 431 g/mol. The SMILES string of the molecule is CN=C(NCC1(C)CCCC1)NC1CCc2nc(COC)nn2C1.I. The highest BCUT2D eigenvalue weighted by molar-refractivity contribution is 14.0. The van der Waals surface area contributed by atoms with Crippen LogP contribution >= 0.6 is 24.0 Å². The number of hydrogen-bond acceptors (Lipinski definition) is 4. The Labute approximate surface area is 167 Å². The Morgan fingerprint density at radius 1 is 1.40 bits per heavy atom. The van der Waals surface area contributed by atoms with Gasteiger partial charge in [0.1, 0.15) is 12.4 Å². The molecule has 1 aromatic heterocycles. The second-order valence-corrected chi connectivity index (χ2v) is 7.38. The average molecular weight is 462 g/mol. The van der Waals surface area contributed by atoms with E-state index >= 15 is 0 Å². The fraction of sp³-hybridized carbons (Fsp3) is 0.824. The maximum absolute atomic E-state index is 5.12. The molecule has 7 nitrogen and oxygen atoms in total. The van der Waals surface area contributed by atoms with E-state index in [1.54, 1.807) is 7.11 Å². The van der Waals surface area contributed by atoms with E-state index < -0.39 is 0 Å². The molecule has 1 saturated carbocycles. The fourth-order valence-corrected chi connectivity index (χ4v) is 3.76. The first kappa shape index (κ1) is 20.4. The fourth-order valence-electron chi connectivity index (χ4n) is 3.76. The topological polar surface area (TPSA) is 76.4 Å². The summed E-state index contributed by atoms with van der Waals surface area (Å²) >= 11 is 0. The second-order valence-electron chi connectivity index (χ2n) is 7.38. The minimum Gasteiger partial charge on any atom is -0.377 e. The van der Waals surface area contributed by atoms with Gasteiger partial charge in [0.2, 0.25) is 0 Å². The van der Waals surface area contributed by atoms with Crippen LogP contribution in [0.25, 0.3) is 0 Å². The van der Waals surface area contributed by atoms with E-state index in [4.69, 9.17) is 4.74 Å². The van der Waals surface area contributed by atoms with Gasteiger partial charge in [0.05, 0.1) is 6.54 Å². The highest BCUT2D eigenvalue weighted by Gasteiger charge is 2.29. The third-order valence-electron chi connectivity index (χ3n) is 5.23. The first-order chi connectivity index (χ1) is 11.6. The zero-order chi connectivity index (χ0) is 17.0. The summed E-state index contributed by atoms with van der Waals surface area (Å²) in [5.41, 5.74) is 0.415. The predicted octanol–water partition coefficient (Wildman–Crippen LogP) is 2.10. The molecule has 1 atom stereocenters. The first-order valence-corrected chi connectivity index (χ1v) is 9.00. The molecule has 0 amide bonds. The van der Waals surface area contributed by atoms with Crippen LogP contribution in [-0.4, -0.2) is 47.5 Å². The number of nitrogens with zero attached hydrogens (tertiary/aromatic N) is 4. The van der Waals surface area contributed by atoms with Gasteiger partial charge in [-0.2, -0.15) is 5.10 Å². The number of rotatable bonds is 5. The number of hydrogen-bond donors (Lipinski definition) is 2. The average Bonchev–Trinajstić information content (AvgIpc) is 3.17. The lowest BCUT2D eigenvalue weighted by Crippen LogP contribution is -2.49. The third kappa shape index (κ3) is 5.29. The van der Waals surface area contributed by atoms with Crippen LogP contribution in [0, 0.1) is 5.41 Å². The van der Waals surface area contributed by atoms with E-state index in [9.17, 15) is 0 Å². The first-order valence-electron chi connectivity index (χ1n) is 9.00. The lowest BCUT2D eigenvalue weighted by atomic mass is 9.89. The number of aryl methyl sites for hydroxylation is 1. The summed E-state index contributed by atoms with van der Waals surface area (Å²) in [5.74, 6) is 2.72. The van der Waals surface area contributed by atoms with E-state index in [1.807, 2.05) is 11.7 Å². The van der Waals surface area contributed by atoms with E-state index in [2.05, 4.69) is 32.6 Å². The minimum atomic E-state index is 0. The molecule has 1 aromatic rings. The van der Waals surface area contributed by atoms with Crippen molar-refractivity contribution in [1.29, 1.82) is 0 Å². The van der Waals surface area contributed by atoms with Gasteiger partial charge in [-0.05, 0) is 24.7 Å². The van der Waals surface area contributed by atoms with Crippen LogP contribution < -0.4 is 10.6 Å². The number of methoxy groups -OCH3 is 1. The van der Waals surface area contributed by atoms with Gasteiger partial charge in [-0.3, -0.25) is 4.99 Å². The van der Waals surface area contributed by atoms with Crippen molar-refractivity contribution in [3.05, 3.63) is 11.6 Å². The van der Waals surface area contributed by atoms with Crippen molar-refractivity contribution < 1.29 is 4.74 Å². The number of aromatic nitrogens is 3. The molecule has 2 aliphatic rings. The molecule has 1 aliphatic carbocycles. The van der Waals surface area contributed by atoms with Gasteiger partial charge in [-0.15, -0.1) is 24.0 Å². The van der Waals surface area contributed by atoms with Crippen molar-refractivity contribution in [3.63, 3.8) is 0 Å². The standard InChI is InChI=1S/C17H30N6O.HI/c1-17(8-4-5-9-17)12-19-16(18-2)20-13-6-7-15-21-14(11-24-3)22-23(15)10-13;/h13H,4-12H2,1-3H3,(H2,18,19,20);1H. The summed E-state index contributed by atoms with van der Waals surface area (Å²) in [5, 5.41) is 11.6. The summed E-state index contributed by atoms with van der Waals surface area (Å²) in [7, 11) is 3.51. The van der Waals surface area contributed by atoms with Crippen LogP contribution in [0.5, 0.6) is 0 Å². The summed E-state index contributed by atoms with van der Waals surface area (Å²) in [4.78, 5) is 8.92. The molecule has 8 heteroatoms. The quantitative estimate of drug-likeness (QED) is 0.398. The molecule has 25 heavy (non-hydrogen) atoms. The number of ether oxygens (including phenoxy) is 1. The molecule has 1 aliphatic heterocycles. The maximum atomic E-state index is 5.12. The van der Waals surface area contributed by atoms with Crippen molar-refractivity contribution >= 4 is 29.9 Å². The summed E-state index contributed by atoms with van der Waals surface area (Å²) < 4.78 is 7.12. The molecule has 0 spiro atoms. The van der Waals surface area contributed by atoms with Crippen LogP contribution in [0.3, 0.4) is 0 Å². The monoisotopic (exact) mass is 462 g/mol. The van der Waals surface area contributed by atoms with Crippen molar-refractivity contribution in [1.82, 2.24) is 25.4 Å². The number of halogens is 1. The highest BCUT2D eigenvalue weighted by Crippen LogP contribution is 2.36. The number of fused-ring (bicyclic) bond motifs is 1. The molecule has 142 valence electrons. The molecule has 1 unspecified atom stereocenters. The number of aliphatic imine (C=N–C) groups is 1. The van der Waals surface area contributed by atoms with E-state index in [1.165, 1.54) is 25.7 Å². The Kier molecular flexibility index (Phi) is 7.48. The van der Waals surface area contributed by atoms with E-state index in [0.717, 1.165) is 43.5 Å². The smallest absolute Gasteiger partial charge is 0.191 e. The number of guanidine groups is 1. The molecule has 1 fully saturated rings. The van der Waals surface area contributed by atoms with Gasteiger partial charge >= 0.3 is 0 Å². The van der Waals surface area contributed by atoms with Gasteiger partial charge < -0.3 is 15.4 Å². The van der Waals surface area contributed by atoms with Gasteiger partial charge in [-0.25, -0.2) is 9.67 Å². The van der Waals surface area contributed by atoms with Crippen molar-refractivity contribution in [2.24, 2.45) is 10.4 Å². The van der Waals surface area contributed by atoms with Gasteiger partial charge in [-0.1, -0.05) is 19.8 Å². The molecular formula is C17H31IN6O. The van der Waals surface area contributed by atoms with Crippen molar-refractivity contribution in [2.75, 3.05) is 20.7 Å². The second kappa shape index (κ2) is 9.16. The summed E-state index contributed by atoms with van der Waals surface area (Å²) in [6.07, 6.45) is 7.31. The van der Waals surface area contributed by atoms with Crippen LogP contribution in [0.1, 0.15) is 50.7 Å². The van der Waals surface area contributed by atoms with Crippen LogP contribution in [0.15, 0.2) is 4.99 Å². The van der Waals surface area contributed by atoms with Crippen LogP contribution in [0.4, 0.5) is 0 Å². The molecule has 3 rings (SSSR count). The molecule has 0 saturated heterocycles. The zero-order valence-electron chi connectivity index (χ0n) is 15.5. The van der Waals surface area contributed by atoms with E-state index in [-0.39, 0.29) is 24.0 Å². The van der Waals surface area contributed by atoms with E-state index in [0.29, 0.717) is 18.1 Å². The van der Waals surface area contributed by atoms with Crippen LogP contribution in [0.2, 0.25) is 0 Å². The van der Waals surface area contributed by atoms with Gasteiger partial charge in [0.25, 0.3) is 0 Å². The zero-order valence-corrected chi connectivity index (χ0v) is 17.9. The molecule has 2 heterocycles. The largest absolute Gasteiger partial charge is 0.377 e. The Bertz CT molecular complexity index is 582. The normalized spacial score (nSPS) is 22.2. The third-order valence-corrected chi connectivity index (χ3v) is 5.23. The van der Waals surface area contributed by atoms with Crippen molar-refractivity contribution in [3.8, 4) is 0 Å². The Morgan fingerprint density at radius 3 is 2.84 bits per heavy atom. The van der Waals surface area contributed by atoms with Gasteiger partial charge in [0, 0.05) is 33.2 Å². The lowest BCUT2D eigenvalue weighted by Gasteiger charge is -2.28. The molecule has 2 N–H and O–H groups in total. The van der Waals surface area contributed by atoms with Gasteiger partial charge in [0.15, 0.2) is 11.8 Å². The number of nitrogens with one attached hydrogen (secondary N) is 2. The van der Waals surface area contributed by atoms with Crippen LogP contribution in [-0.2, 0) is 24.3 Å². The predicted molar refractivity (Wildman–Crippen MR) is 109 cm³/mol. The molecule has 0 aromatic carbocycles. The summed E-state index contributed by atoms with van der Waals surface area (Å²) in [6.45, 7) is 4.66. The Morgan fingerprint density at radius 2 is 2.16 bits per heavy atom.